The summed E-state index contributed by atoms with van der Waals surface area (Å²) < 4.78 is 11.2. The van der Waals surface area contributed by atoms with Crippen molar-refractivity contribution in [1.29, 1.82) is 0 Å². The Morgan fingerprint density at radius 2 is 1.97 bits per heavy atom. The number of nitrogens with zero attached hydrogens (tertiary/aromatic N) is 2. The van der Waals surface area contributed by atoms with Gasteiger partial charge in [-0.05, 0) is 76.6 Å². The van der Waals surface area contributed by atoms with Crippen LogP contribution in [0.3, 0.4) is 0 Å². The Kier molecular flexibility index (Phi) is 13.5. The first-order valence-electron chi connectivity index (χ1n) is 12.2. The predicted molar refractivity (Wildman–Crippen MR) is 143 cm³/mol. The molecule has 6 nitrogen and oxygen atoms in total. The van der Waals surface area contributed by atoms with Gasteiger partial charge in [-0.3, -0.25) is 4.99 Å². The first-order chi connectivity index (χ1) is 15.2. The highest BCUT2D eigenvalue weighted by atomic mass is 127. The summed E-state index contributed by atoms with van der Waals surface area (Å²) in [5.41, 5.74) is 1.49. The standard InChI is InChI=1S/C25H42N4O2.HI/c1-21(19-31-24-12-17-30-20-24)28-25(26-2)27-13-6-7-14-29-15-10-23(11-16-29)18-22-8-4-3-5-9-22;/h3-5,8-9,21,23-24H,6-7,10-20H2,1-2H3,(H2,26,27,28);1H. The van der Waals surface area contributed by atoms with Gasteiger partial charge in [0.1, 0.15) is 0 Å². The van der Waals surface area contributed by atoms with E-state index in [1.165, 1.54) is 50.9 Å². The third-order valence-corrected chi connectivity index (χ3v) is 6.34. The van der Waals surface area contributed by atoms with Gasteiger partial charge in [0.15, 0.2) is 5.96 Å². The fourth-order valence-corrected chi connectivity index (χ4v) is 4.42. The lowest BCUT2D eigenvalue weighted by atomic mass is 9.90. The Labute approximate surface area is 211 Å². The number of ether oxygens (including phenoxy) is 2. The van der Waals surface area contributed by atoms with E-state index >= 15 is 0 Å². The fourth-order valence-electron chi connectivity index (χ4n) is 4.42. The molecule has 7 heteroatoms. The quantitative estimate of drug-likeness (QED) is 0.188. The number of aliphatic imine (C=N–C) groups is 1. The van der Waals surface area contributed by atoms with Crippen molar-refractivity contribution < 1.29 is 9.47 Å². The largest absolute Gasteiger partial charge is 0.379 e. The number of hydrogen-bond acceptors (Lipinski definition) is 4. The second-order valence-electron chi connectivity index (χ2n) is 9.05. The third kappa shape index (κ3) is 10.4. The van der Waals surface area contributed by atoms with E-state index in [0.29, 0.717) is 6.61 Å². The molecule has 182 valence electrons. The molecule has 0 aromatic heterocycles. The summed E-state index contributed by atoms with van der Waals surface area (Å²) in [6.07, 6.45) is 7.55. The van der Waals surface area contributed by atoms with Crippen LogP contribution in [0.4, 0.5) is 0 Å². The number of piperidine rings is 1. The van der Waals surface area contributed by atoms with Crippen molar-refractivity contribution in [3.8, 4) is 0 Å². The molecule has 1 aromatic carbocycles. The number of rotatable bonds is 11. The highest BCUT2D eigenvalue weighted by molar-refractivity contribution is 14.0. The fraction of sp³-hybridized carbons (Fsp3) is 0.720. The van der Waals surface area contributed by atoms with Crippen LogP contribution in [0, 0.1) is 5.92 Å². The first kappa shape index (κ1) is 27.3. The van der Waals surface area contributed by atoms with Crippen molar-refractivity contribution in [3.63, 3.8) is 0 Å². The summed E-state index contributed by atoms with van der Waals surface area (Å²) in [5, 5.41) is 6.86. The molecular weight excluding hydrogens is 515 g/mol. The van der Waals surface area contributed by atoms with E-state index in [4.69, 9.17) is 9.47 Å². The molecule has 2 fully saturated rings. The molecule has 2 atom stereocenters. The molecule has 2 saturated heterocycles. The van der Waals surface area contributed by atoms with Crippen LogP contribution in [-0.2, 0) is 15.9 Å². The minimum absolute atomic E-state index is 0. The van der Waals surface area contributed by atoms with Crippen LogP contribution < -0.4 is 10.6 Å². The van der Waals surface area contributed by atoms with Crippen molar-refractivity contribution >= 4 is 29.9 Å². The summed E-state index contributed by atoms with van der Waals surface area (Å²) in [7, 11) is 1.83. The summed E-state index contributed by atoms with van der Waals surface area (Å²) in [6, 6.07) is 11.2. The number of guanidine groups is 1. The SMILES string of the molecule is CN=C(NCCCCN1CCC(Cc2ccccc2)CC1)NC(C)COC1CCOC1.I. The molecule has 2 aliphatic rings. The van der Waals surface area contributed by atoms with Crippen LogP contribution in [0.15, 0.2) is 35.3 Å². The van der Waals surface area contributed by atoms with E-state index in [2.05, 4.69) is 57.8 Å². The molecule has 2 heterocycles. The lowest BCUT2D eigenvalue weighted by Crippen LogP contribution is -2.44. The van der Waals surface area contributed by atoms with Gasteiger partial charge in [-0.15, -0.1) is 24.0 Å². The monoisotopic (exact) mass is 558 g/mol. The summed E-state index contributed by atoms with van der Waals surface area (Å²) >= 11 is 0. The van der Waals surface area contributed by atoms with Crippen LogP contribution in [0.5, 0.6) is 0 Å². The highest BCUT2D eigenvalue weighted by Crippen LogP contribution is 2.21. The maximum absolute atomic E-state index is 5.89. The Morgan fingerprint density at radius 3 is 2.66 bits per heavy atom. The van der Waals surface area contributed by atoms with Gasteiger partial charge < -0.3 is 25.0 Å². The second kappa shape index (κ2) is 15.9. The average molecular weight is 559 g/mol. The van der Waals surface area contributed by atoms with E-state index in [9.17, 15) is 0 Å². The lowest BCUT2D eigenvalue weighted by Gasteiger charge is -2.32. The van der Waals surface area contributed by atoms with E-state index in [-0.39, 0.29) is 36.1 Å². The van der Waals surface area contributed by atoms with Crippen molar-refractivity contribution in [2.45, 2.75) is 57.6 Å². The Hall–Kier alpha value is -0.900. The molecule has 2 N–H and O–H groups in total. The van der Waals surface area contributed by atoms with Gasteiger partial charge >= 0.3 is 0 Å². The topological polar surface area (TPSA) is 58.1 Å². The van der Waals surface area contributed by atoms with Gasteiger partial charge in [0, 0.05) is 26.2 Å². The Bertz CT molecular complexity index is 632. The summed E-state index contributed by atoms with van der Waals surface area (Å²) in [4.78, 5) is 6.98. The van der Waals surface area contributed by atoms with Gasteiger partial charge in [-0.1, -0.05) is 30.3 Å². The number of halogens is 1. The minimum Gasteiger partial charge on any atom is -0.379 e. The van der Waals surface area contributed by atoms with E-state index in [1.54, 1.807) is 0 Å². The molecule has 0 radical (unpaired) electrons. The Morgan fingerprint density at radius 1 is 1.19 bits per heavy atom. The average Bonchev–Trinajstić information content (AvgIpc) is 3.32. The van der Waals surface area contributed by atoms with E-state index in [1.807, 2.05) is 7.05 Å². The maximum Gasteiger partial charge on any atom is 0.191 e. The molecule has 3 rings (SSSR count). The van der Waals surface area contributed by atoms with E-state index < -0.39 is 0 Å². The van der Waals surface area contributed by atoms with Crippen LogP contribution >= 0.6 is 24.0 Å². The lowest BCUT2D eigenvalue weighted by molar-refractivity contribution is 0.0347. The van der Waals surface area contributed by atoms with E-state index in [0.717, 1.165) is 44.5 Å². The van der Waals surface area contributed by atoms with Gasteiger partial charge in [-0.2, -0.15) is 0 Å². The predicted octanol–water partition coefficient (Wildman–Crippen LogP) is 3.70. The number of hydrogen-bond donors (Lipinski definition) is 2. The summed E-state index contributed by atoms with van der Waals surface area (Å²) in [6.45, 7) is 9.01. The normalized spacial score (nSPS) is 21.2. The van der Waals surface area contributed by atoms with Gasteiger partial charge in [0.2, 0.25) is 0 Å². The molecule has 2 aliphatic heterocycles. The van der Waals surface area contributed by atoms with Crippen molar-refractivity contribution in [3.05, 3.63) is 35.9 Å². The second-order valence-corrected chi connectivity index (χ2v) is 9.05. The number of likely N-dealkylation sites (tertiary alicyclic amines) is 1. The van der Waals surface area contributed by atoms with Crippen molar-refractivity contribution in [1.82, 2.24) is 15.5 Å². The Balaban J connectivity index is 0.00000363. The summed E-state index contributed by atoms with van der Waals surface area (Å²) in [5.74, 6) is 1.71. The molecule has 32 heavy (non-hydrogen) atoms. The van der Waals surface area contributed by atoms with Crippen LogP contribution in [0.1, 0.15) is 44.6 Å². The smallest absolute Gasteiger partial charge is 0.191 e. The van der Waals surface area contributed by atoms with Crippen molar-refractivity contribution in [2.24, 2.45) is 10.9 Å². The van der Waals surface area contributed by atoms with Crippen LogP contribution in [-0.4, -0.2) is 76.1 Å². The number of nitrogens with one attached hydrogen (secondary N) is 2. The van der Waals surface area contributed by atoms with Crippen molar-refractivity contribution in [2.75, 3.05) is 53.0 Å². The number of benzene rings is 1. The van der Waals surface area contributed by atoms with Gasteiger partial charge in [0.25, 0.3) is 0 Å². The molecule has 0 spiro atoms. The third-order valence-electron chi connectivity index (χ3n) is 6.34. The maximum atomic E-state index is 5.89. The molecule has 2 unspecified atom stereocenters. The molecule has 0 saturated carbocycles. The molecule has 0 bridgehead atoms. The van der Waals surface area contributed by atoms with Crippen LogP contribution in [0.2, 0.25) is 0 Å². The van der Waals surface area contributed by atoms with Gasteiger partial charge in [0.05, 0.1) is 19.3 Å². The zero-order valence-corrected chi connectivity index (χ0v) is 22.3. The molecule has 0 aliphatic carbocycles. The highest BCUT2D eigenvalue weighted by Gasteiger charge is 2.19. The molecule has 1 aromatic rings. The zero-order valence-electron chi connectivity index (χ0n) is 19.9. The minimum atomic E-state index is 0. The molecular formula is C25H43IN4O2. The first-order valence-corrected chi connectivity index (χ1v) is 12.2. The van der Waals surface area contributed by atoms with Gasteiger partial charge in [-0.25, -0.2) is 0 Å². The number of unbranched alkanes of at least 4 members (excludes halogenated alkanes) is 1. The zero-order chi connectivity index (χ0) is 21.7. The van der Waals surface area contributed by atoms with Crippen LogP contribution in [0.25, 0.3) is 0 Å². The molecule has 0 amide bonds.